The number of aryl methyl sites for hydroxylation is 2. The Hall–Kier alpha value is -3.63. The Balaban J connectivity index is 1.26. The summed E-state index contributed by atoms with van der Waals surface area (Å²) in [6.07, 6.45) is 3.98. The molecule has 5 rings (SSSR count). The topological polar surface area (TPSA) is 104 Å². The Labute approximate surface area is 257 Å². The second-order valence-electron chi connectivity index (χ2n) is 12.0. The fourth-order valence-corrected chi connectivity index (χ4v) is 6.69. The monoisotopic (exact) mass is 624 g/mol. The van der Waals surface area contributed by atoms with Gasteiger partial charge in [0.1, 0.15) is 11.4 Å². The van der Waals surface area contributed by atoms with E-state index in [2.05, 4.69) is 9.97 Å². The molecule has 9 nitrogen and oxygen atoms in total. The van der Waals surface area contributed by atoms with Gasteiger partial charge in [0.25, 0.3) is 10.0 Å². The first-order chi connectivity index (χ1) is 20.3. The molecule has 0 spiro atoms. The second-order valence-corrected chi connectivity index (χ2v) is 14.2. The minimum Gasteiger partial charge on any atom is -0.493 e. The fraction of sp³-hybridized carbons (Fsp3) is 0.406. The molecule has 1 fully saturated rings. The summed E-state index contributed by atoms with van der Waals surface area (Å²) in [7, 11) is -3.88. The van der Waals surface area contributed by atoms with Crippen molar-refractivity contribution in [2.24, 2.45) is 5.92 Å². The number of carbonyl (C=O) groups excluding carboxylic acids is 1. The van der Waals surface area contributed by atoms with Crippen molar-refractivity contribution in [2.45, 2.75) is 64.4 Å². The number of likely N-dealkylation sites (tertiary alicyclic amines) is 1. The van der Waals surface area contributed by atoms with Crippen molar-refractivity contribution in [3.05, 3.63) is 71.1 Å². The van der Waals surface area contributed by atoms with Gasteiger partial charge in [0.2, 0.25) is 5.28 Å². The van der Waals surface area contributed by atoms with E-state index in [1.807, 2.05) is 52.8 Å². The quantitative estimate of drug-likeness (QED) is 0.204. The lowest BCUT2D eigenvalue weighted by atomic mass is 9.94. The minimum atomic E-state index is -3.88. The second kappa shape index (κ2) is 12.2. The number of fused-ring (bicyclic) bond motifs is 1. The van der Waals surface area contributed by atoms with E-state index in [9.17, 15) is 13.2 Å². The fourth-order valence-electron chi connectivity index (χ4n) is 5.23. The van der Waals surface area contributed by atoms with Crippen molar-refractivity contribution in [1.29, 1.82) is 0 Å². The highest BCUT2D eigenvalue weighted by Crippen LogP contribution is 2.33. The van der Waals surface area contributed by atoms with E-state index in [1.54, 1.807) is 35.2 Å². The van der Waals surface area contributed by atoms with E-state index in [1.165, 1.54) is 6.20 Å². The molecule has 43 heavy (non-hydrogen) atoms. The molecule has 4 aromatic rings. The number of amides is 1. The Morgan fingerprint density at radius 2 is 1.72 bits per heavy atom. The van der Waals surface area contributed by atoms with Crippen molar-refractivity contribution < 1.29 is 22.7 Å². The van der Waals surface area contributed by atoms with Crippen molar-refractivity contribution in [3.63, 3.8) is 0 Å². The summed E-state index contributed by atoms with van der Waals surface area (Å²) < 4.78 is 39.6. The van der Waals surface area contributed by atoms with E-state index in [-0.39, 0.29) is 21.9 Å². The third-order valence-electron chi connectivity index (χ3n) is 7.56. The molecule has 2 aromatic carbocycles. The van der Waals surface area contributed by atoms with Crippen LogP contribution in [0.25, 0.3) is 22.3 Å². The molecule has 1 saturated heterocycles. The van der Waals surface area contributed by atoms with Crippen molar-refractivity contribution in [3.8, 4) is 17.0 Å². The van der Waals surface area contributed by atoms with Crippen LogP contribution < -0.4 is 4.74 Å². The standard InChI is InChI=1S/C32H37ClN4O5S/c1-21-6-9-25(10-7-21)43(39,40)37-18-14-26-28(34-30(33)35-29(26)37)24-8-11-27(22(2)20-24)41-19-15-23-12-16-36(17-13-23)31(38)42-32(3,4)5/h6-11,14,18,20,23H,12-13,15-17,19H2,1-5H3. The van der Waals surface area contributed by atoms with E-state index < -0.39 is 15.6 Å². The molecular formula is C32H37ClN4O5S. The van der Waals surface area contributed by atoms with Crippen LogP contribution in [0.4, 0.5) is 4.79 Å². The molecule has 1 amide bonds. The van der Waals surface area contributed by atoms with Gasteiger partial charge in [-0.2, -0.15) is 4.98 Å². The molecule has 2 aromatic heterocycles. The van der Waals surface area contributed by atoms with Gasteiger partial charge in [-0.15, -0.1) is 0 Å². The van der Waals surface area contributed by atoms with Gasteiger partial charge >= 0.3 is 6.09 Å². The average molecular weight is 625 g/mol. The summed E-state index contributed by atoms with van der Waals surface area (Å²) in [4.78, 5) is 23.0. The van der Waals surface area contributed by atoms with Gasteiger partial charge in [-0.25, -0.2) is 22.2 Å². The number of rotatable bonds is 7. The van der Waals surface area contributed by atoms with Crippen molar-refractivity contribution >= 4 is 38.8 Å². The van der Waals surface area contributed by atoms with Gasteiger partial charge in [0.05, 0.1) is 17.2 Å². The van der Waals surface area contributed by atoms with Crippen molar-refractivity contribution in [2.75, 3.05) is 19.7 Å². The first-order valence-electron chi connectivity index (χ1n) is 14.4. The van der Waals surface area contributed by atoms with E-state index in [4.69, 9.17) is 21.1 Å². The minimum absolute atomic E-state index is 0.0442. The molecule has 0 unspecified atom stereocenters. The molecule has 228 valence electrons. The van der Waals surface area contributed by atoms with E-state index >= 15 is 0 Å². The Morgan fingerprint density at radius 1 is 1.02 bits per heavy atom. The maximum atomic E-state index is 13.4. The van der Waals surface area contributed by atoms with Gasteiger partial charge in [-0.3, -0.25) is 0 Å². The maximum Gasteiger partial charge on any atom is 0.410 e. The molecule has 0 N–H and O–H groups in total. The molecule has 11 heteroatoms. The Morgan fingerprint density at radius 3 is 2.37 bits per heavy atom. The third kappa shape index (κ3) is 6.96. The first kappa shape index (κ1) is 30.8. The van der Waals surface area contributed by atoms with Crippen LogP contribution in [0.3, 0.4) is 0 Å². The summed E-state index contributed by atoms with van der Waals surface area (Å²) in [5.41, 5.74) is 2.93. The third-order valence-corrected chi connectivity index (χ3v) is 9.41. The first-order valence-corrected chi connectivity index (χ1v) is 16.2. The predicted octanol–water partition coefficient (Wildman–Crippen LogP) is 7.02. The van der Waals surface area contributed by atoms with Gasteiger partial charge in [-0.05, 0) is 113 Å². The predicted molar refractivity (Wildman–Crippen MR) is 167 cm³/mol. The Kier molecular flexibility index (Phi) is 8.72. The van der Waals surface area contributed by atoms with E-state index in [0.29, 0.717) is 36.7 Å². The van der Waals surface area contributed by atoms with Gasteiger partial charge in [0.15, 0.2) is 5.65 Å². The number of ether oxygens (including phenoxy) is 2. The number of halogens is 1. The normalized spacial score (nSPS) is 14.7. The summed E-state index contributed by atoms with van der Waals surface area (Å²) in [5, 5.41) is 0.531. The lowest BCUT2D eigenvalue weighted by Gasteiger charge is -2.33. The number of hydrogen-bond acceptors (Lipinski definition) is 7. The summed E-state index contributed by atoms with van der Waals surface area (Å²) in [6.45, 7) is 11.5. The largest absolute Gasteiger partial charge is 0.493 e. The lowest BCUT2D eigenvalue weighted by Crippen LogP contribution is -2.41. The number of piperidine rings is 1. The van der Waals surface area contributed by atoms with Crippen LogP contribution in [-0.4, -0.2) is 58.6 Å². The number of aromatic nitrogens is 3. The van der Waals surface area contributed by atoms with Gasteiger partial charge in [-0.1, -0.05) is 17.7 Å². The molecule has 0 radical (unpaired) electrons. The molecule has 0 saturated carbocycles. The molecular weight excluding hydrogens is 588 g/mol. The summed E-state index contributed by atoms with van der Waals surface area (Å²) in [6, 6.07) is 14.1. The van der Waals surface area contributed by atoms with Crippen LogP contribution in [0.15, 0.2) is 59.6 Å². The number of nitrogens with zero attached hydrogens (tertiary/aromatic N) is 4. The van der Waals surface area contributed by atoms with Crippen LogP contribution in [0, 0.1) is 19.8 Å². The number of carbonyl (C=O) groups is 1. The maximum absolute atomic E-state index is 13.4. The Bertz CT molecular complexity index is 1740. The van der Waals surface area contributed by atoms with Crippen molar-refractivity contribution in [1.82, 2.24) is 18.8 Å². The summed E-state index contributed by atoms with van der Waals surface area (Å²) >= 11 is 6.30. The molecule has 0 bridgehead atoms. The highest BCUT2D eigenvalue weighted by Gasteiger charge is 2.27. The highest BCUT2D eigenvalue weighted by atomic mass is 35.5. The van der Waals surface area contributed by atoms with Gasteiger partial charge < -0.3 is 14.4 Å². The zero-order chi connectivity index (χ0) is 30.9. The SMILES string of the molecule is Cc1ccc(S(=O)(=O)n2ccc3c(-c4ccc(OCCC5CCN(C(=O)OC(C)(C)C)CC5)c(C)c4)nc(Cl)nc32)cc1. The smallest absolute Gasteiger partial charge is 0.410 e. The molecule has 1 aliphatic heterocycles. The van der Waals surface area contributed by atoms with Gasteiger partial charge in [0, 0.05) is 30.2 Å². The molecule has 0 atom stereocenters. The lowest BCUT2D eigenvalue weighted by molar-refractivity contribution is 0.0177. The zero-order valence-electron chi connectivity index (χ0n) is 25.1. The number of hydrogen-bond donors (Lipinski definition) is 0. The molecule has 3 heterocycles. The van der Waals surface area contributed by atoms with Crippen LogP contribution in [0.5, 0.6) is 5.75 Å². The van der Waals surface area contributed by atoms with Crippen LogP contribution >= 0.6 is 11.6 Å². The van der Waals surface area contributed by atoms with Crippen LogP contribution in [0.1, 0.15) is 51.2 Å². The molecule has 0 aliphatic carbocycles. The average Bonchev–Trinajstić information content (AvgIpc) is 3.38. The van der Waals surface area contributed by atoms with Crippen LogP contribution in [-0.2, 0) is 14.8 Å². The summed E-state index contributed by atoms with van der Waals surface area (Å²) in [5.74, 6) is 1.25. The molecule has 1 aliphatic rings. The van der Waals surface area contributed by atoms with Crippen LogP contribution in [0.2, 0.25) is 5.28 Å². The zero-order valence-corrected chi connectivity index (χ0v) is 26.7. The van der Waals surface area contributed by atoms with E-state index in [0.717, 1.165) is 45.7 Å². The highest BCUT2D eigenvalue weighted by molar-refractivity contribution is 7.90. The number of benzene rings is 2.